The molecule has 3 fully saturated rings. The van der Waals surface area contributed by atoms with E-state index in [4.69, 9.17) is 9.05 Å². The molecule has 0 aromatic rings. The lowest BCUT2D eigenvalue weighted by atomic mass is 9.69. The van der Waals surface area contributed by atoms with Gasteiger partial charge in [0.2, 0.25) is 10.0 Å². The maximum Gasteiger partial charge on any atom is 0.404 e. The molecule has 172 valence electrons. The second-order valence-electron chi connectivity index (χ2n) is 8.96. The minimum absolute atomic E-state index is 0.153. The van der Waals surface area contributed by atoms with Crippen LogP contribution < -0.4 is 0 Å². The largest absolute Gasteiger partial charge is 0.404 e. The smallest absolute Gasteiger partial charge is 0.304 e. The van der Waals surface area contributed by atoms with Crippen LogP contribution in [0.25, 0.3) is 0 Å². The molecule has 2 bridgehead atoms. The summed E-state index contributed by atoms with van der Waals surface area (Å²) < 4.78 is 78.5. The molecule has 1 amide bonds. The lowest BCUT2D eigenvalue weighted by Gasteiger charge is -2.37. The maximum absolute atomic E-state index is 14.9. The van der Waals surface area contributed by atoms with Gasteiger partial charge in [-0.3, -0.25) is 9.36 Å². The first-order valence-electron chi connectivity index (χ1n) is 10.2. The fourth-order valence-corrected chi connectivity index (χ4v) is 9.75. The molecule has 1 heterocycles. The number of nitrogens with zero attached hydrogens (tertiary/aromatic N) is 1. The molecule has 3 atom stereocenters. The first-order chi connectivity index (χ1) is 13.7. The molecule has 1 aliphatic heterocycles. The van der Waals surface area contributed by atoms with Gasteiger partial charge in [-0.15, -0.1) is 0 Å². The zero-order chi connectivity index (χ0) is 22.8. The van der Waals surface area contributed by atoms with Crippen molar-refractivity contribution in [2.75, 3.05) is 19.0 Å². The molecular formula is C19H30F2NO6PS. The number of allylic oxidation sites excluding steroid dienone is 1. The van der Waals surface area contributed by atoms with Crippen LogP contribution in [0.15, 0.2) is 11.6 Å². The van der Waals surface area contributed by atoms with E-state index >= 15 is 0 Å². The SMILES string of the molecule is CCOP(=O)(OCC)C(F)(F)/C(C)=C\C(=O)N1[C@H]2C[C@H]3CC[C@]2(CS1(=O)=O)C3(C)C. The van der Waals surface area contributed by atoms with E-state index in [1.54, 1.807) is 0 Å². The predicted octanol–water partition coefficient (Wildman–Crippen LogP) is 4.16. The van der Waals surface area contributed by atoms with Gasteiger partial charge >= 0.3 is 13.3 Å². The Morgan fingerprint density at radius 1 is 1.27 bits per heavy atom. The van der Waals surface area contributed by atoms with Crippen molar-refractivity contribution in [1.82, 2.24) is 4.31 Å². The normalized spacial score (nSPS) is 32.5. The number of carbonyl (C=O) groups excluding carboxylic acids is 1. The molecule has 7 nitrogen and oxygen atoms in total. The second kappa shape index (κ2) is 7.36. The summed E-state index contributed by atoms with van der Waals surface area (Å²) in [4.78, 5) is 13.0. The van der Waals surface area contributed by atoms with Crippen LogP contribution in [-0.4, -0.2) is 49.3 Å². The van der Waals surface area contributed by atoms with Crippen molar-refractivity contribution in [2.45, 2.75) is 65.6 Å². The molecule has 1 spiro atoms. The van der Waals surface area contributed by atoms with Crippen LogP contribution in [0.3, 0.4) is 0 Å². The highest BCUT2D eigenvalue weighted by atomic mass is 32.2. The lowest BCUT2D eigenvalue weighted by molar-refractivity contribution is -0.124. The van der Waals surface area contributed by atoms with Gasteiger partial charge in [0.1, 0.15) is 0 Å². The summed E-state index contributed by atoms with van der Waals surface area (Å²) in [5.41, 5.74) is -5.72. The number of sulfonamides is 1. The zero-order valence-corrected chi connectivity index (χ0v) is 19.7. The van der Waals surface area contributed by atoms with Crippen molar-refractivity contribution in [3.63, 3.8) is 0 Å². The van der Waals surface area contributed by atoms with Crippen LogP contribution in [-0.2, 0) is 28.4 Å². The third-order valence-corrected chi connectivity index (χ3v) is 11.5. The van der Waals surface area contributed by atoms with E-state index < -0.39 is 46.2 Å². The summed E-state index contributed by atoms with van der Waals surface area (Å²) >= 11 is 0. The Morgan fingerprint density at radius 3 is 2.33 bits per heavy atom. The highest BCUT2D eigenvalue weighted by molar-refractivity contribution is 7.90. The summed E-state index contributed by atoms with van der Waals surface area (Å²) in [6.45, 7) is 7.27. The Kier molecular flexibility index (Phi) is 5.84. The fourth-order valence-electron chi connectivity index (χ4n) is 5.67. The summed E-state index contributed by atoms with van der Waals surface area (Å²) in [5, 5.41) is 0. The van der Waals surface area contributed by atoms with Crippen LogP contribution in [0, 0.1) is 16.7 Å². The van der Waals surface area contributed by atoms with Crippen molar-refractivity contribution >= 4 is 23.5 Å². The molecule has 1 saturated heterocycles. The number of carbonyl (C=O) groups is 1. The third kappa shape index (κ3) is 3.12. The van der Waals surface area contributed by atoms with Crippen molar-refractivity contribution in [2.24, 2.45) is 16.7 Å². The lowest BCUT2D eigenvalue weighted by Crippen LogP contribution is -2.43. The highest BCUT2D eigenvalue weighted by Gasteiger charge is 2.72. The minimum atomic E-state index is -4.88. The number of fused-ring (bicyclic) bond motifs is 1. The average Bonchev–Trinajstić information content (AvgIpc) is 3.09. The van der Waals surface area contributed by atoms with Gasteiger partial charge in [-0.1, -0.05) is 13.8 Å². The fraction of sp³-hybridized carbons (Fsp3) is 0.842. The van der Waals surface area contributed by atoms with E-state index in [0.29, 0.717) is 18.9 Å². The zero-order valence-electron chi connectivity index (χ0n) is 18.0. The molecule has 30 heavy (non-hydrogen) atoms. The van der Waals surface area contributed by atoms with Gasteiger partial charge < -0.3 is 9.05 Å². The van der Waals surface area contributed by atoms with E-state index in [1.807, 2.05) is 13.8 Å². The van der Waals surface area contributed by atoms with Crippen LogP contribution >= 0.6 is 7.60 Å². The van der Waals surface area contributed by atoms with Gasteiger partial charge in [0, 0.05) is 17.1 Å². The molecule has 0 aromatic carbocycles. The number of halogens is 2. The predicted molar refractivity (Wildman–Crippen MR) is 108 cm³/mol. The standard InChI is InChI=1S/C19H30F2NO6PS/c1-6-27-29(24,28-7-2)19(20,21)13(3)10-16(23)22-15-11-14-8-9-18(15,17(14,4)5)12-30(22,25)26/h10,14-15H,6-9,11-12H2,1-5H3/b13-10-/t14-,15+,18-/m1/s1. The Morgan fingerprint density at radius 2 is 1.83 bits per heavy atom. The maximum atomic E-state index is 14.9. The minimum Gasteiger partial charge on any atom is -0.304 e. The Hall–Kier alpha value is -0.830. The third-order valence-electron chi connectivity index (χ3n) is 7.38. The monoisotopic (exact) mass is 469 g/mol. The molecule has 0 aromatic heterocycles. The van der Waals surface area contributed by atoms with E-state index in [2.05, 4.69) is 0 Å². The molecule has 2 saturated carbocycles. The number of alkyl halides is 2. The number of rotatable bonds is 7. The van der Waals surface area contributed by atoms with Crippen molar-refractivity contribution in [3.8, 4) is 0 Å². The Labute approximate surface area is 176 Å². The van der Waals surface area contributed by atoms with Gasteiger partial charge in [0.15, 0.2) is 0 Å². The van der Waals surface area contributed by atoms with Crippen LogP contribution in [0.2, 0.25) is 0 Å². The van der Waals surface area contributed by atoms with Crippen molar-refractivity contribution in [1.29, 1.82) is 0 Å². The summed E-state index contributed by atoms with van der Waals surface area (Å²) in [5.74, 6) is -0.896. The van der Waals surface area contributed by atoms with Gasteiger partial charge in [0.05, 0.1) is 25.0 Å². The molecule has 0 unspecified atom stereocenters. The van der Waals surface area contributed by atoms with E-state index in [0.717, 1.165) is 17.6 Å². The average molecular weight is 469 g/mol. The first kappa shape index (κ1) is 23.8. The summed E-state index contributed by atoms with van der Waals surface area (Å²) in [6, 6.07) is -0.535. The number of amides is 1. The highest BCUT2D eigenvalue weighted by Crippen LogP contribution is 2.70. The van der Waals surface area contributed by atoms with E-state index in [9.17, 15) is 26.6 Å². The van der Waals surface area contributed by atoms with Gasteiger partial charge in [-0.2, -0.15) is 8.78 Å². The summed E-state index contributed by atoms with van der Waals surface area (Å²) in [7, 11) is -8.82. The van der Waals surface area contributed by atoms with Crippen molar-refractivity contribution < 1.29 is 35.6 Å². The van der Waals surface area contributed by atoms with Crippen molar-refractivity contribution in [3.05, 3.63) is 11.6 Å². The number of hydrogen-bond donors (Lipinski definition) is 0. The molecule has 0 N–H and O–H groups in total. The number of hydrogen-bond acceptors (Lipinski definition) is 6. The van der Waals surface area contributed by atoms with Crippen LogP contribution in [0.4, 0.5) is 8.78 Å². The summed E-state index contributed by atoms with van der Waals surface area (Å²) in [6.07, 6.45) is 2.71. The van der Waals surface area contributed by atoms with E-state index in [-0.39, 0.29) is 30.3 Å². The first-order valence-corrected chi connectivity index (χ1v) is 13.4. The topological polar surface area (TPSA) is 90.0 Å². The van der Waals surface area contributed by atoms with Crippen LogP contribution in [0.1, 0.15) is 53.9 Å². The second-order valence-corrected chi connectivity index (χ2v) is 12.9. The Balaban J connectivity index is 1.95. The Bertz CT molecular complexity index is 908. The molecule has 2 aliphatic carbocycles. The van der Waals surface area contributed by atoms with Gasteiger partial charge in [0.25, 0.3) is 5.91 Å². The molecule has 11 heteroatoms. The molecule has 3 rings (SSSR count). The van der Waals surface area contributed by atoms with E-state index in [1.165, 1.54) is 13.8 Å². The quantitative estimate of drug-likeness (QED) is 0.411. The van der Waals surface area contributed by atoms with Gasteiger partial charge in [-0.25, -0.2) is 12.7 Å². The molecular weight excluding hydrogens is 439 g/mol. The molecule has 3 aliphatic rings. The van der Waals surface area contributed by atoms with Gasteiger partial charge in [-0.05, 0) is 51.4 Å². The molecule has 0 radical (unpaired) electrons. The van der Waals surface area contributed by atoms with Crippen LogP contribution in [0.5, 0.6) is 0 Å².